The fourth-order valence-corrected chi connectivity index (χ4v) is 1.50. The van der Waals surface area contributed by atoms with E-state index in [1.54, 1.807) is 0 Å². The quantitative estimate of drug-likeness (QED) is 0.662. The van der Waals surface area contributed by atoms with Crippen molar-refractivity contribution in [3.63, 3.8) is 0 Å². The lowest BCUT2D eigenvalue weighted by atomic mass is 10.1. The SMILES string of the molecule is C=C/C=C(/C)c1[nH]c(C)c(C)c1C. The largest absolute Gasteiger partial charge is 0.358 e. The zero-order valence-electron chi connectivity index (χ0n) is 8.86. The Kier molecular flexibility index (Phi) is 2.76. The molecule has 0 saturated heterocycles. The van der Waals surface area contributed by atoms with Gasteiger partial charge in [-0.15, -0.1) is 0 Å². The number of nitrogens with one attached hydrogen (secondary N) is 1. The Morgan fingerprint density at radius 2 is 1.85 bits per heavy atom. The van der Waals surface area contributed by atoms with Gasteiger partial charge in [0.2, 0.25) is 0 Å². The maximum absolute atomic E-state index is 3.69. The van der Waals surface area contributed by atoms with Gasteiger partial charge in [0.1, 0.15) is 0 Å². The number of aryl methyl sites for hydroxylation is 1. The molecule has 0 aliphatic carbocycles. The van der Waals surface area contributed by atoms with Crippen LogP contribution >= 0.6 is 0 Å². The molecule has 1 heterocycles. The molecular weight excluding hydrogens is 158 g/mol. The molecule has 0 spiro atoms. The summed E-state index contributed by atoms with van der Waals surface area (Å²) in [6.07, 6.45) is 3.85. The standard InChI is InChI=1S/C12H17N/c1-6-7-8(2)12-10(4)9(3)11(5)13-12/h6-7,13H,1H2,2-5H3/b8-7-. The first-order valence-electron chi connectivity index (χ1n) is 4.53. The highest BCUT2D eigenvalue weighted by Crippen LogP contribution is 2.22. The van der Waals surface area contributed by atoms with Crippen LogP contribution in [0.5, 0.6) is 0 Å². The predicted octanol–water partition coefficient (Wildman–Crippen LogP) is 3.53. The highest BCUT2D eigenvalue weighted by Gasteiger charge is 2.07. The third-order valence-corrected chi connectivity index (χ3v) is 2.57. The summed E-state index contributed by atoms with van der Waals surface area (Å²) in [5.74, 6) is 0. The Bertz CT molecular complexity index is 353. The fraction of sp³-hybridized carbons (Fsp3) is 0.333. The Labute approximate surface area is 80.2 Å². The van der Waals surface area contributed by atoms with Crippen LogP contribution in [0.4, 0.5) is 0 Å². The molecular formula is C12H17N. The third-order valence-electron chi connectivity index (χ3n) is 2.57. The fourth-order valence-electron chi connectivity index (χ4n) is 1.50. The zero-order chi connectivity index (χ0) is 10.0. The maximum Gasteiger partial charge on any atom is 0.0444 e. The molecule has 1 N–H and O–H groups in total. The number of hydrogen-bond donors (Lipinski definition) is 1. The molecule has 0 unspecified atom stereocenters. The average Bonchev–Trinajstić information content (AvgIpc) is 2.33. The molecule has 13 heavy (non-hydrogen) atoms. The summed E-state index contributed by atoms with van der Waals surface area (Å²) in [6, 6.07) is 0. The molecule has 1 aromatic rings. The van der Waals surface area contributed by atoms with Crippen molar-refractivity contribution in [1.82, 2.24) is 4.98 Å². The van der Waals surface area contributed by atoms with E-state index in [2.05, 4.69) is 39.3 Å². The second kappa shape index (κ2) is 3.65. The van der Waals surface area contributed by atoms with E-state index in [9.17, 15) is 0 Å². The Balaban J connectivity index is 3.23. The van der Waals surface area contributed by atoms with Gasteiger partial charge < -0.3 is 4.98 Å². The summed E-state index contributed by atoms with van der Waals surface area (Å²) in [5, 5.41) is 0. The first-order chi connectivity index (χ1) is 6.07. The minimum absolute atomic E-state index is 1.23. The van der Waals surface area contributed by atoms with E-state index < -0.39 is 0 Å². The molecule has 1 heteroatoms. The summed E-state index contributed by atoms with van der Waals surface area (Å²) in [4.78, 5) is 3.38. The first kappa shape index (κ1) is 9.85. The topological polar surface area (TPSA) is 15.8 Å². The van der Waals surface area contributed by atoms with E-state index in [1.165, 1.54) is 28.1 Å². The lowest BCUT2D eigenvalue weighted by Crippen LogP contribution is -1.82. The highest BCUT2D eigenvalue weighted by molar-refractivity contribution is 5.66. The van der Waals surface area contributed by atoms with Crippen LogP contribution in [0, 0.1) is 20.8 Å². The second-order valence-corrected chi connectivity index (χ2v) is 3.46. The number of hydrogen-bond acceptors (Lipinski definition) is 0. The highest BCUT2D eigenvalue weighted by atomic mass is 14.7. The first-order valence-corrected chi connectivity index (χ1v) is 4.53. The van der Waals surface area contributed by atoms with Crippen LogP contribution in [0.2, 0.25) is 0 Å². The van der Waals surface area contributed by atoms with Gasteiger partial charge in [-0.1, -0.05) is 18.7 Å². The molecule has 0 aliphatic rings. The molecule has 0 fully saturated rings. The van der Waals surface area contributed by atoms with E-state index in [0.717, 1.165) is 0 Å². The Morgan fingerprint density at radius 1 is 1.23 bits per heavy atom. The van der Waals surface area contributed by atoms with Gasteiger partial charge in [0.25, 0.3) is 0 Å². The van der Waals surface area contributed by atoms with Crippen LogP contribution in [0.15, 0.2) is 18.7 Å². The van der Waals surface area contributed by atoms with Gasteiger partial charge in [-0.25, -0.2) is 0 Å². The van der Waals surface area contributed by atoms with Crippen molar-refractivity contribution in [3.05, 3.63) is 41.2 Å². The average molecular weight is 175 g/mol. The van der Waals surface area contributed by atoms with Crippen molar-refractivity contribution in [2.24, 2.45) is 0 Å². The minimum Gasteiger partial charge on any atom is -0.358 e. The van der Waals surface area contributed by atoms with Crippen LogP contribution in [0.1, 0.15) is 29.4 Å². The van der Waals surface area contributed by atoms with Crippen molar-refractivity contribution in [3.8, 4) is 0 Å². The van der Waals surface area contributed by atoms with Crippen LogP contribution in [-0.4, -0.2) is 4.98 Å². The molecule has 0 aromatic carbocycles. The van der Waals surface area contributed by atoms with Gasteiger partial charge in [0.05, 0.1) is 0 Å². The van der Waals surface area contributed by atoms with E-state index in [1.807, 2.05) is 12.2 Å². The van der Waals surface area contributed by atoms with Crippen molar-refractivity contribution in [2.75, 3.05) is 0 Å². The molecule has 0 amide bonds. The Hall–Kier alpha value is -1.24. The minimum atomic E-state index is 1.23. The van der Waals surface area contributed by atoms with Crippen molar-refractivity contribution in [1.29, 1.82) is 0 Å². The Morgan fingerprint density at radius 3 is 2.23 bits per heavy atom. The zero-order valence-corrected chi connectivity index (χ0v) is 8.86. The van der Waals surface area contributed by atoms with Gasteiger partial charge in [-0.05, 0) is 44.4 Å². The van der Waals surface area contributed by atoms with Crippen LogP contribution in [0.25, 0.3) is 5.57 Å². The van der Waals surface area contributed by atoms with Crippen LogP contribution < -0.4 is 0 Å². The van der Waals surface area contributed by atoms with Crippen molar-refractivity contribution >= 4 is 5.57 Å². The smallest absolute Gasteiger partial charge is 0.0444 e. The summed E-state index contributed by atoms with van der Waals surface area (Å²) in [6.45, 7) is 12.2. The summed E-state index contributed by atoms with van der Waals surface area (Å²) < 4.78 is 0. The van der Waals surface area contributed by atoms with E-state index >= 15 is 0 Å². The van der Waals surface area contributed by atoms with Crippen LogP contribution in [-0.2, 0) is 0 Å². The molecule has 0 aliphatic heterocycles. The summed E-state index contributed by atoms with van der Waals surface area (Å²) >= 11 is 0. The van der Waals surface area contributed by atoms with Gasteiger partial charge in [0, 0.05) is 11.4 Å². The normalized spacial score (nSPS) is 11.8. The molecule has 0 bridgehead atoms. The van der Waals surface area contributed by atoms with Crippen LogP contribution in [0.3, 0.4) is 0 Å². The molecule has 1 nitrogen and oxygen atoms in total. The molecule has 0 radical (unpaired) electrons. The number of allylic oxidation sites excluding steroid dienone is 3. The second-order valence-electron chi connectivity index (χ2n) is 3.46. The van der Waals surface area contributed by atoms with Gasteiger partial charge in [-0.2, -0.15) is 0 Å². The molecule has 1 aromatic heterocycles. The lowest BCUT2D eigenvalue weighted by Gasteiger charge is -1.98. The number of aromatic amines is 1. The van der Waals surface area contributed by atoms with E-state index in [-0.39, 0.29) is 0 Å². The van der Waals surface area contributed by atoms with Gasteiger partial charge in [0.15, 0.2) is 0 Å². The molecule has 0 atom stereocenters. The number of H-pyrrole nitrogens is 1. The van der Waals surface area contributed by atoms with Gasteiger partial charge in [-0.3, -0.25) is 0 Å². The molecule has 0 saturated carbocycles. The maximum atomic E-state index is 3.69. The van der Waals surface area contributed by atoms with E-state index in [0.29, 0.717) is 0 Å². The number of aromatic nitrogens is 1. The molecule has 1 rings (SSSR count). The van der Waals surface area contributed by atoms with Crippen molar-refractivity contribution < 1.29 is 0 Å². The predicted molar refractivity (Wildman–Crippen MR) is 58.9 cm³/mol. The summed E-state index contributed by atoms with van der Waals surface area (Å²) in [7, 11) is 0. The van der Waals surface area contributed by atoms with E-state index in [4.69, 9.17) is 0 Å². The number of rotatable bonds is 2. The monoisotopic (exact) mass is 175 g/mol. The lowest BCUT2D eigenvalue weighted by molar-refractivity contribution is 1.21. The van der Waals surface area contributed by atoms with Crippen molar-refractivity contribution in [2.45, 2.75) is 27.7 Å². The molecule has 70 valence electrons. The third kappa shape index (κ3) is 1.74. The van der Waals surface area contributed by atoms with Gasteiger partial charge >= 0.3 is 0 Å². The summed E-state index contributed by atoms with van der Waals surface area (Å²) in [5.41, 5.74) is 6.42.